The Hall–Kier alpha value is -2.57. The van der Waals surface area contributed by atoms with Gasteiger partial charge in [-0.25, -0.2) is 4.79 Å². The van der Waals surface area contributed by atoms with Crippen molar-refractivity contribution in [1.82, 2.24) is 15.5 Å². The van der Waals surface area contributed by atoms with Crippen LogP contribution in [0, 0.1) is 0 Å². The van der Waals surface area contributed by atoms with Crippen molar-refractivity contribution < 1.29 is 19.1 Å². The third kappa shape index (κ3) is 5.71. The number of carbonyl (C=O) groups excluding carboxylic acids is 3. The molecule has 1 aliphatic heterocycles. The lowest BCUT2D eigenvalue weighted by Gasteiger charge is -2.21. The van der Waals surface area contributed by atoms with Crippen LogP contribution in [0.4, 0.5) is 4.79 Å². The van der Waals surface area contributed by atoms with Gasteiger partial charge in [0.05, 0.1) is 7.11 Å². The van der Waals surface area contributed by atoms with E-state index in [1.165, 1.54) is 6.42 Å². The summed E-state index contributed by atoms with van der Waals surface area (Å²) in [6.07, 6.45) is 5.97. The number of nitrogens with one attached hydrogen (secondary N) is 2. The molecular formula is C21H31N3O4. The Labute approximate surface area is 166 Å². The first-order valence-electron chi connectivity index (χ1n) is 9.93. The fraction of sp³-hybridized carbons (Fsp3) is 0.571. The predicted molar refractivity (Wildman–Crippen MR) is 107 cm³/mol. The van der Waals surface area contributed by atoms with E-state index in [4.69, 9.17) is 4.74 Å². The molecule has 154 valence electrons. The van der Waals surface area contributed by atoms with Crippen LogP contribution in [-0.4, -0.2) is 41.9 Å². The molecule has 1 saturated heterocycles. The Morgan fingerprint density at radius 3 is 2.46 bits per heavy atom. The zero-order valence-corrected chi connectivity index (χ0v) is 17.0. The monoisotopic (exact) mass is 389 g/mol. The lowest BCUT2D eigenvalue weighted by atomic mass is 9.94. The Bertz CT molecular complexity index is 689. The van der Waals surface area contributed by atoms with E-state index in [9.17, 15) is 14.4 Å². The van der Waals surface area contributed by atoms with Crippen LogP contribution in [0.3, 0.4) is 0 Å². The van der Waals surface area contributed by atoms with Crippen LogP contribution in [0.15, 0.2) is 24.3 Å². The molecule has 2 rings (SSSR count). The maximum atomic E-state index is 12.7. The molecule has 0 spiro atoms. The molecule has 1 heterocycles. The van der Waals surface area contributed by atoms with Gasteiger partial charge < -0.3 is 15.4 Å². The zero-order valence-electron chi connectivity index (χ0n) is 17.0. The van der Waals surface area contributed by atoms with Gasteiger partial charge in [-0.2, -0.15) is 0 Å². The highest BCUT2D eigenvalue weighted by Crippen LogP contribution is 2.24. The van der Waals surface area contributed by atoms with E-state index in [2.05, 4.69) is 17.6 Å². The van der Waals surface area contributed by atoms with Gasteiger partial charge in [0.15, 0.2) is 0 Å². The summed E-state index contributed by atoms with van der Waals surface area (Å²) in [5, 5.41) is 5.50. The van der Waals surface area contributed by atoms with Gasteiger partial charge in [0.1, 0.15) is 17.8 Å². The molecule has 1 aromatic carbocycles. The average molecular weight is 389 g/mol. The van der Waals surface area contributed by atoms with Gasteiger partial charge in [0, 0.05) is 6.54 Å². The molecule has 2 N–H and O–H groups in total. The Balaban J connectivity index is 1.82. The SMILES string of the molecule is CCCCCCCC1(C)NC(=O)N(CC(=O)NCc2ccc(OC)cc2)C1=O. The minimum absolute atomic E-state index is 0.272. The van der Waals surface area contributed by atoms with E-state index in [1.54, 1.807) is 14.0 Å². The normalized spacial score (nSPS) is 18.9. The maximum Gasteiger partial charge on any atom is 0.325 e. The van der Waals surface area contributed by atoms with Crippen molar-refractivity contribution in [3.8, 4) is 5.75 Å². The Morgan fingerprint density at radius 2 is 1.82 bits per heavy atom. The summed E-state index contributed by atoms with van der Waals surface area (Å²) in [5.74, 6) is 0.0440. The molecule has 7 nitrogen and oxygen atoms in total. The molecule has 1 aromatic rings. The van der Waals surface area contributed by atoms with Crippen molar-refractivity contribution >= 4 is 17.8 Å². The molecule has 1 atom stereocenters. The minimum atomic E-state index is -0.917. The van der Waals surface area contributed by atoms with Gasteiger partial charge in [0.2, 0.25) is 5.91 Å². The molecule has 1 unspecified atom stereocenters. The number of unbranched alkanes of at least 4 members (excludes halogenated alkanes) is 4. The number of urea groups is 1. The van der Waals surface area contributed by atoms with Crippen molar-refractivity contribution in [2.75, 3.05) is 13.7 Å². The third-order valence-corrected chi connectivity index (χ3v) is 5.08. The smallest absolute Gasteiger partial charge is 0.325 e. The zero-order chi connectivity index (χ0) is 20.6. The highest BCUT2D eigenvalue weighted by atomic mass is 16.5. The number of ether oxygens (including phenoxy) is 1. The fourth-order valence-corrected chi connectivity index (χ4v) is 3.29. The predicted octanol–water partition coefficient (Wildman–Crippen LogP) is 2.98. The van der Waals surface area contributed by atoms with Crippen LogP contribution in [0.5, 0.6) is 5.75 Å². The van der Waals surface area contributed by atoms with Crippen LogP contribution in [0.2, 0.25) is 0 Å². The Morgan fingerprint density at radius 1 is 1.14 bits per heavy atom. The molecule has 0 bridgehead atoms. The second-order valence-electron chi connectivity index (χ2n) is 7.44. The maximum absolute atomic E-state index is 12.7. The summed E-state index contributed by atoms with van der Waals surface area (Å²) in [7, 11) is 1.59. The third-order valence-electron chi connectivity index (χ3n) is 5.08. The first-order chi connectivity index (χ1) is 13.4. The summed E-state index contributed by atoms with van der Waals surface area (Å²) in [6, 6.07) is 6.82. The number of rotatable bonds is 11. The number of nitrogens with zero attached hydrogens (tertiary/aromatic N) is 1. The number of imide groups is 1. The van der Waals surface area contributed by atoms with Crippen molar-refractivity contribution in [3.05, 3.63) is 29.8 Å². The molecule has 0 aromatic heterocycles. The highest BCUT2D eigenvalue weighted by molar-refractivity contribution is 6.08. The molecule has 4 amide bonds. The van der Waals surface area contributed by atoms with E-state index in [0.717, 1.165) is 41.9 Å². The van der Waals surface area contributed by atoms with Gasteiger partial charge >= 0.3 is 6.03 Å². The number of hydrogen-bond donors (Lipinski definition) is 2. The summed E-state index contributed by atoms with van der Waals surface area (Å²) in [6.45, 7) is 3.94. The lowest BCUT2D eigenvalue weighted by Crippen LogP contribution is -2.45. The molecule has 28 heavy (non-hydrogen) atoms. The molecule has 1 aliphatic rings. The number of benzene rings is 1. The molecule has 0 aliphatic carbocycles. The topological polar surface area (TPSA) is 87.7 Å². The second-order valence-corrected chi connectivity index (χ2v) is 7.44. The van der Waals surface area contributed by atoms with Crippen molar-refractivity contribution in [2.45, 2.75) is 64.5 Å². The Kier molecular flexibility index (Phi) is 7.84. The van der Waals surface area contributed by atoms with Crippen LogP contribution in [-0.2, 0) is 16.1 Å². The molecule has 7 heteroatoms. The van der Waals surface area contributed by atoms with Crippen LogP contribution in [0.25, 0.3) is 0 Å². The van der Waals surface area contributed by atoms with Gasteiger partial charge in [-0.1, -0.05) is 51.2 Å². The summed E-state index contributed by atoms with van der Waals surface area (Å²) >= 11 is 0. The molecule has 1 fully saturated rings. The number of amides is 4. The summed E-state index contributed by atoms with van der Waals surface area (Å²) in [4.78, 5) is 38.1. The standard InChI is InChI=1S/C21H31N3O4/c1-4-5-6-7-8-13-21(2)19(26)24(20(27)23-21)15-18(25)22-14-16-9-11-17(28-3)12-10-16/h9-12H,4-8,13-15H2,1-3H3,(H,22,25)(H,23,27). The van der Waals surface area contributed by atoms with Crippen LogP contribution >= 0.6 is 0 Å². The fourth-order valence-electron chi connectivity index (χ4n) is 3.29. The van der Waals surface area contributed by atoms with Gasteiger partial charge in [-0.05, 0) is 31.0 Å². The van der Waals surface area contributed by atoms with E-state index in [0.29, 0.717) is 13.0 Å². The minimum Gasteiger partial charge on any atom is -0.497 e. The van der Waals surface area contributed by atoms with Crippen molar-refractivity contribution in [3.63, 3.8) is 0 Å². The average Bonchev–Trinajstić information content (AvgIpc) is 2.90. The number of carbonyl (C=O) groups is 3. The van der Waals surface area contributed by atoms with Crippen molar-refractivity contribution in [2.24, 2.45) is 0 Å². The number of methoxy groups -OCH3 is 1. The molecule has 0 saturated carbocycles. The van der Waals surface area contributed by atoms with Crippen LogP contribution < -0.4 is 15.4 Å². The van der Waals surface area contributed by atoms with Crippen molar-refractivity contribution in [1.29, 1.82) is 0 Å². The summed E-state index contributed by atoms with van der Waals surface area (Å²) < 4.78 is 5.10. The number of hydrogen-bond acceptors (Lipinski definition) is 4. The quantitative estimate of drug-likeness (QED) is 0.450. The first-order valence-corrected chi connectivity index (χ1v) is 9.93. The van der Waals surface area contributed by atoms with Crippen LogP contribution in [0.1, 0.15) is 57.9 Å². The highest BCUT2D eigenvalue weighted by Gasteiger charge is 2.47. The van der Waals surface area contributed by atoms with Gasteiger partial charge in [-0.15, -0.1) is 0 Å². The molecular weight excluding hydrogens is 358 g/mol. The second kappa shape index (κ2) is 10.1. The first kappa shape index (κ1) is 21.7. The largest absolute Gasteiger partial charge is 0.497 e. The molecule has 0 radical (unpaired) electrons. The lowest BCUT2D eigenvalue weighted by molar-refractivity contribution is -0.134. The van der Waals surface area contributed by atoms with E-state index < -0.39 is 11.6 Å². The summed E-state index contributed by atoms with van der Waals surface area (Å²) in [5.41, 5.74) is -0.0113. The van der Waals surface area contributed by atoms with Gasteiger partial charge in [-0.3, -0.25) is 14.5 Å². The van der Waals surface area contributed by atoms with E-state index >= 15 is 0 Å². The van der Waals surface area contributed by atoms with Gasteiger partial charge in [0.25, 0.3) is 5.91 Å². The van der Waals surface area contributed by atoms with E-state index in [1.807, 2.05) is 24.3 Å². The van der Waals surface area contributed by atoms with E-state index in [-0.39, 0.29) is 18.4 Å².